The zero-order valence-corrected chi connectivity index (χ0v) is 14.3. The van der Waals surface area contributed by atoms with Crippen LogP contribution in [-0.2, 0) is 14.3 Å². The van der Waals surface area contributed by atoms with E-state index in [9.17, 15) is 9.18 Å². The molecule has 0 radical (unpaired) electrons. The molecule has 0 spiro atoms. The maximum Gasteiger partial charge on any atom is 0.338 e. The number of aromatic nitrogens is 3. The molecule has 0 saturated carbocycles. The second kappa shape index (κ2) is 6.87. The molecule has 2 atom stereocenters. The normalized spacial score (nSPS) is 22.1. The van der Waals surface area contributed by atoms with Crippen molar-refractivity contribution in [2.45, 2.75) is 31.9 Å². The van der Waals surface area contributed by atoms with Gasteiger partial charge in [-0.25, -0.2) is 13.9 Å². The van der Waals surface area contributed by atoms with Crippen LogP contribution >= 0.6 is 0 Å². The van der Waals surface area contributed by atoms with Gasteiger partial charge in [-0.1, -0.05) is 18.2 Å². The molecule has 136 valence electrons. The van der Waals surface area contributed by atoms with E-state index >= 15 is 0 Å². The third kappa shape index (κ3) is 2.96. The van der Waals surface area contributed by atoms with Gasteiger partial charge in [0, 0.05) is 17.9 Å². The molecule has 2 aromatic rings. The van der Waals surface area contributed by atoms with Crippen LogP contribution < -0.4 is 5.32 Å². The molecular formula is C18H19FN4O3. The molecule has 1 fully saturated rings. The summed E-state index contributed by atoms with van der Waals surface area (Å²) in [5.41, 5.74) is 1.21. The molecule has 3 heterocycles. The lowest BCUT2D eigenvalue weighted by atomic mass is 9.95. The molecule has 4 rings (SSSR count). The van der Waals surface area contributed by atoms with Gasteiger partial charge in [-0.2, -0.15) is 10.1 Å². The largest absolute Gasteiger partial charge is 0.459 e. The Morgan fingerprint density at radius 1 is 1.46 bits per heavy atom. The molecule has 0 aliphatic carbocycles. The molecule has 26 heavy (non-hydrogen) atoms. The third-order valence-corrected chi connectivity index (χ3v) is 4.64. The number of nitrogens with zero attached hydrogens (tertiary/aromatic N) is 3. The summed E-state index contributed by atoms with van der Waals surface area (Å²) in [7, 11) is 0. The van der Waals surface area contributed by atoms with E-state index in [1.165, 1.54) is 17.1 Å². The van der Waals surface area contributed by atoms with E-state index in [0.717, 1.165) is 12.8 Å². The molecule has 7 nitrogen and oxygen atoms in total. The number of carbonyl (C=O) groups excluding carboxylic acids is 1. The average molecular weight is 358 g/mol. The lowest BCUT2D eigenvalue weighted by Crippen LogP contribution is -2.31. The van der Waals surface area contributed by atoms with Crippen LogP contribution in [0.2, 0.25) is 0 Å². The van der Waals surface area contributed by atoms with Gasteiger partial charge in [0.15, 0.2) is 0 Å². The summed E-state index contributed by atoms with van der Waals surface area (Å²) in [6, 6.07) is 5.58. The fourth-order valence-electron chi connectivity index (χ4n) is 3.36. The zero-order chi connectivity index (χ0) is 18.1. The highest BCUT2D eigenvalue weighted by atomic mass is 19.1. The first kappa shape index (κ1) is 16.7. The third-order valence-electron chi connectivity index (χ3n) is 4.64. The van der Waals surface area contributed by atoms with Crippen LogP contribution in [0.4, 0.5) is 10.3 Å². The van der Waals surface area contributed by atoms with E-state index in [-0.39, 0.29) is 12.7 Å². The molecule has 1 saturated heterocycles. The summed E-state index contributed by atoms with van der Waals surface area (Å²) in [4.78, 5) is 17.0. The van der Waals surface area contributed by atoms with E-state index in [4.69, 9.17) is 9.47 Å². The fraction of sp³-hybridized carbons (Fsp3) is 0.389. The van der Waals surface area contributed by atoms with E-state index < -0.39 is 17.8 Å². The minimum Gasteiger partial charge on any atom is -0.459 e. The summed E-state index contributed by atoms with van der Waals surface area (Å²) in [5.74, 6) is -0.482. The van der Waals surface area contributed by atoms with Crippen LogP contribution in [0.5, 0.6) is 0 Å². The SMILES string of the molecule is CC1=C(C(=O)OC[C@H]2CCCO2)[C@@H](c2ccccc2F)n2ncnc2N1. The molecule has 1 aromatic carbocycles. The van der Waals surface area contributed by atoms with Crippen LogP contribution in [0.15, 0.2) is 41.9 Å². The van der Waals surface area contributed by atoms with Gasteiger partial charge in [0.1, 0.15) is 24.8 Å². The summed E-state index contributed by atoms with van der Waals surface area (Å²) >= 11 is 0. The highest BCUT2D eigenvalue weighted by Crippen LogP contribution is 2.36. The summed E-state index contributed by atoms with van der Waals surface area (Å²) in [5, 5.41) is 7.20. The number of anilines is 1. The van der Waals surface area contributed by atoms with Crippen LogP contribution in [-0.4, -0.2) is 40.1 Å². The second-order valence-electron chi connectivity index (χ2n) is 6.35. The minimum atomic E-state index is -0.744. The van der Waals surface area contributed by atoms with E-state index in [2.05, 4.69) is 15.4 Å². The predicted octanol–water partition coefficient (Wildman–Crippen LogP) is 2.43. The number of carbonyl (C=O) groups is 1. The molecule has 0 unspecified atom stereocenters. The van der Waals surface area contributed by atoms with Crippen LogP contribution in [0.25, 0.3) is 0 Å². The summed E-state index contributed by atoms with van der Waals surface area (Å²) < 4.78 is 27.0. The van der Waals surface area contributed by atoms with Gasteiger partial charge >= 0.3 is 5.97 Å². The van der Waals surface area contributed by atoms with Gasteiger partial charge in [0.05, 0.1) is 11.7 Å². The Morgan fingerprint density at radius 3 is 3.08 bits per heavy atom. The molecule has 0 amide bonds. The molecular weight excluding hydrogens is 339 g/mol. The standard InChI is InChI=1S/C18H19FN4O3/c1-11-15(17(24)26-9-12-5-4-8-25-12)16(13-6-2-3-7-14(13)19)23-18(22-11)20-10-21-23/h2-3,6-7,10,12,16H,4-5,8-9H2,1H3,(H,20,21,22)/t12-,16-/m1/s1. The van der Waals surface area contributed by atoms with Gasteiger partial charge < -0.3 is 14.8 Å². The van der Waals surface area contributed by atoms with E-state index in [1.807, 2.05) is 0 Å². The van der Waals surface area contributed by atoms with Crippen molar-refractivity contribution in [3.05, 3.63) is 53.2 Å². The number of hydrogen-bond donors (Lipinski definition) is 1. The summed E-state index contributed by atoms with van der Waals surface area (Å²) in [6.45, 7) is 2.62. The number of esters is 1. The molecule has 2 aliphatic rings. The van der Waals surface area contributed by atoms with Gasteiger partial charge in [0.25, 0.3) is 0 Å². The number of halogens is 1. The molecule has 1 N–H and O–H groups in total. The Bertz CT molecular complexity index is 858. The maximum absolute atomic E-state index is 14.5. The Hall–Kier alpha value is -2.74. The van der Waals surface area contributed by atoms with Crippen molar-refractivity contribution in [2.75, 3.05) is 18.5 Å². The minimum absolute atomic E-state index is 0.0785. The molecule has 8 heteroatoms. The van der Waals surface area contributed by atoms with Crippen molar-refractivity contribution in [3.63, 3.8) is 0 Å². The van der Waals surface area contributed by atoms with Gasteiger partial charge in [-0.05, 0) is 25.8 Å². The summed E-state index contributed by atoms with van der Waals surface area (Å²) in [6.07, 6.45) is 3.12. The second-order valence-corrected chi connectivity index (χ2v) is 6.35. The quantitative estimate of drug-likeness (QED) is 0.846. The van der Waals surface area contributed by atoms with Crippen molar-refractivity contribution < 1.29 is 18.7 Å². The van der Waals surface area contributed by atoms with Gasteiger partial charge in [0.2, 0.25) is 5.95 Å². The van der Waals surface area contributed by atoms with E-state index in [0.29, 0.717) is 29.4 Å². The number of allylic oxidation sites excluding steroid dienone is 1. The van der Waals surface area contributed by atoms with Gasteiger partial charge in [-0.3, -0.25) is 0 Å². The van der Waals surface area contributed by atoms with Crippen molar-refractivity contribution in [2.24, 2.45) is 0 Å². The number of nitrogens with one attached hydrogen (secondary N) is 1. The molecule has 0 bridgehead atoms. The fourth-order valence-corrected chi connectivity index (χ4v) is 3.36. The molecule has 1 aromatic heterocycles. The Labute approximate surface area is 149 Å². The molecule has 2 aliphatic heterocycles. The zero-order valence-electron chi connectivity index (χ0n) is 14.3. The highest BCUT2D eigenvalue weighted by Gasteiger charge is 2.36. The van der Waals surface area contributed by atoms with Gasteiger partial charge in [-0.15, -0.1) is 0 Å². The van der Waals surface area contributed by atoms with Crippen LogP contribution in [0.3, 0.4) is 0 Å². The first-order valence-corrected chi connectivity index (χ1v) is 8.55. The van der Waals surface area contributed by atoms with Crippen molar-refractivity contribution >= 4 is 11.9 Å². The van der Waals surface area contributed by atoms with Crippen molar-refractivity contribution in [1.29, 1.82) is 0 Å². The predicted molar refractivity (Wildman–Crippen MR) is 90.8 cm³/mol. The highest BCUT2D eigenvalue weighted by molar-refractivity contribution is 5.92. The Morgan fingerprint density at radius 2 is 2.31 bits per heavy atom. The first-order chi connectivity index (χ1) is 12.6. The van der Waals surface area contributed by atoms with Crippen molar-refractivity contribution in [3.8, 4) is 0 Å². The number of rotatable bonds is 4. The smallest absolute Gasteiger partial charge is 0.338 e. The van der Waals surface area contributed by atoms with Crippen molar-refractivity contribution in [1.82, 2.24) is 14.8 Å². The topological polar surface area (TPSA) is 78.3 Å². The average Bonchev–Trinajstić information content (AvgIpc) is 3.30. The number of ether oxygens (including phenoxy) is 2. The first-order valence-electron chi connectivity index (χ1n) is 8.55. The Balaban J connectivity index is 1.68. The van der Waals surface area contributed by atoms with Crippen LogP contribution in [0.1, 0.15) is 31.4 Å². The maximum atomic E-state index is 14.5. The van der Waals surface area contributed by atoms with Crippen LogP contribution in [0, 0.1) is 5.82 Å². The lowest BCUT2D eigenvalue weighted by molar-refractivity contribution is -0.142. The number of hydrogen-bond acceptors (Lipinski definition) is 6. The van der Waals surface area contributed by atoms with E-state index in [1.54, 1.807) is 25.1 Å². The Kier molecular flexibility index (Phi) is 4.42. The monoisotopic (exact) mass is 358 g/mol. The number of fused-ring (bicyclic) bond motifs is 1. The lowest BCUT2D eigenvalue weighted by Gasteiger charge is -2.28. The number of benzene rings is 1.